The average molecular weight is 354 g/mol. The second-order valence-electron chi connectivity index (χ2n) is 6.99. The molecule has 0 spiro atoms. The van der Waals surface area contributed by atoms with Crippen LogP contribution in [0.1, 0.15) is 38.2 Å². The first-order valence-electron chi connectivity index (χ1n) is 9.30. The summed E-state index contributed by atoms with van der Waals surface area (Å²) < 4.78 is 34.9. The second-order valence-corrected chi connectivity index (χ2v) is 6.99. The zero-order valence-electron chi connectivity index (χ0n) is 14.8. The zero-order valence-corrected chi connectivity index (χ0v) is 14.8. The van der Waals surface area contributed by atoms with Crippen molar-refractivity contribution in [3.63, 3.8) is 0 Å². The molecule has 1 aliphatic carbocycles. The van der Waals surface area contributed by atoms with Crippen molar-refractivity contribution in [1.82, 2.24) is 10.2 Å². The van der Waals surface area contributed by atoms with Gasteiger partial charge < -0.3 is 14.8 Å². The van der Waals surface area contributed by atoms with E-state index in [0.29, 0.717) is 18.4 Å². The highest BCUT2D eigenvalue weighted by atomic mass is 19.3. The molecular formula is C19H28F2N2O2. The lowest BCUT2D eigenvalue weighted by atomic mass is 10.0. The minimum absolute atomic E-state index is 0.101. The summed E-state index contributed by atoms with van der Waals surface area (Å²) in [6, 6.07) is 5.88. The molecule has 1 aliphatic heterocycles. The molecular weight excluding hydrogens is 326 g/mol. The number of hydrogen-bond acceptors (Lipinski definition) is 4. The van der Waals surface area contributed by atoms with E-state index in [1.54, 1.807) is 6.07 Å². The molecule has 140 valence electrons. The number of ether oxygens (including phenoxy) is 2. The molecule has 6 heteroatoms. The van der Waals surface area contributed by atoms with E-state index in [4.69, 9.17) is 4.74 Å². The van der Waals surface area contributed by atoms with Crippen molar-refractivity contribution in [1.29, 1.82) is 0 Å². The minimum Gasteiger partial charge on any atom is -0.490 e. The molecule has 2 fully saturated rings. The summed E-state index contributed by atoms with van der Waals surface area (Å²) in [5.74, 6) is 1.41. The fraction of sp³-hybridized carbons (Fsp3) is 0.684. The van der Waals surface area contributed by atoms with Gasteiger partial charge in [0.1, 0.15) is 0 Å². The van der Waals surface area contributed by atoms with Gasteiger partial charge in [0, 0.05) is 12.6 Å². The number of benzene rings is 1. The highest BCUT2D eigenvalue weighted by Crippen LogP contribution is 2.31. The summed E-state index contributed by atoms with van der Waals surface area (Å²) in [5, 5.41) is 3.69. The molecule has 1 saturated heterocycles. The third kappa shape index (κ3) is 5.82. The lowest BCUT2D eigenvalue weighted by Gasteiger charge is -2.32. The van der Waals surface area contributed by atoms with Crippen LogP contribution in [0.4, 0.5) is 8.78 Å². The molecule has 0 unspecified atom stereocenters. The Balaban J connectivity index is 1.51. The maximum Gasteiger partial charge on any atom is 0.387 e. The molecule has 4 nitrogen and oxygen atoms in total. The third-order valence-electron chi connectivity index (χ3n) is 4.91. The van der Waals surface area contributed by atoms with Gasteiger partial charge in [-0.25, -0.2) is 0 Å². The first-order chi connectivity index (χ1) is 12.1. The number of nitrogens with zero attached hydrogens (tertiary/aromatic N) is 1. The van der Waals surface area contributed by atoms with E-state index in [1.807, 2.05) is 19.1 Å². The number of nitrogens with one attached hydrogen (secondary N) is 1. The topological polar surface area (TPSA) is 33.7 Å². The molecule has 0 radical (unpaired) electrons. The van der Waals surface area contributed by atoms with Gasteiger partial charge in [0.2, 0.25) is 0 Å². The van der Waals surface area contributed by atoms with Gasteiger partial charge in [-0.2, -0.15) is 8.78 Å². The summed E-state index contributed by atoms with van der Waals surface area (Å²) in [7, 11) is 0. The molecule has 0 bridgehead atoms. The molecule has 1 heterocycles. The highest BCUT2D eigenvalue weighted by molar-refractivity contribution is 5.43. The fourth-order valence-corrected chi connectivity index (χ4v) is 3.32. The van der Waals surface area contributed by atoms with Crippen LogP contribution in [0.2, 0.25) is 0 Å². The van der Waals surface area contributed by atoms with Gasteiger partial charge in [0.05, 0.1) is 6.61 Å². The molecule has 25 heavy (non-hydrogen) atoms. The SMILES string of the molecule is CCOc1cc(CN2CCC(NCC3CC3)CC2)ccc1OC(F)F. The largest absolute Gasteiger partial charge is 0.490 e. The Kier molecular flexibility index (Phi) is 6.48. The number of halogens is 2. The van der Waals surface area contributed by atoms with Crippen molar-refractivity contribution in [2.45, 2.75) is 51.8 Å². The summed E-state index contributed by atoms with van der Waals surface area (Å²) in [6.45, 7) is 3.51. The quantitative estimate of drug-likeness (QED) is 0.734. The molecule has 0 amide bonds. The van der Waals surface area contributed by atoms with Crippen molar-refractivity contribution < 1.29 is 18.3 Å². The Morgan fingerprint density at radius 3 is 2.56 bits per heavy atom. The van der Waals surface area contributed by atoms with Crippen molar-refractivity contribution in [3.8, 4) is 11.5 Å². The number of rotatable bonds is 9. The molecule has 1 saturated carbocycles. The van der Waals surface area contributed by atoms with Gasteiger partial charge in [-0.1, -0.05) is 6.07 Å². The van der Waals surface area contributed by atoms with Crippen molar-refractivity contribution in [2.24, 2.45) is 5.92 Å². The van der Waals surface area contributed by atoms with Crippen LogP contribution in [0.5, 0.6) is 11.5 Å². The lowest BCUT2D eigenvalue weighted by Crippen LogP contribution is -2.42. The van der Waals surface area contributed by atoms with E-state index >= 15 is 0 Å². The zero-order chi connectivity index (χ0) is 17.6. The Bertz CT molecular complexity index is 544. The van der Waals surface area contributed by atoms with E-state index in [2.05, 4.69) is 15.0 Å². The number of likely N-dealkylation sites (tertiary alicyclic amines) is 1. The van der Waals surface area contributed by atoms with Crippen molar-refractivity contribution in [2.75, 3.05) is 26.2 Å². The van der Waals surface area contributed by atoms with Crippen LogP contribution in [0.15, 0.2) is 18.2 Å². The van der Waals surface area contributed by atoms with Crippen LogP contribution >= 0.6 is 0 Å². The summed E-state index contributed by atoms with van der Waals surface area (Å²) in [6.07, 6.45) is 5.10. The maximum atomic E-state index is 12.5. The minimum atomic E-state index is -2.84. The molecule has 1 aromatic rings. The van der Waals surface area contributed by atoms with Crippen LogP contribution in [-0.2, 0) is 6.54 Å². The summed E-state index contributed by atoms with van der Waals surface area (Å²) in [5.41, 5.74) is 1.06. The third-order valence-corrected chi connectivity index (χ3v) is 4.91. The lowest BCUT2D eigenvalue weighted by molar-refractivity contribution is -0.0514. The molecule has 1 N–H and O–H groups in total. The van der Waals surface area contributed by atoms with Gasteiger partial charge >= 0.3 is 6.61 Å². The Morgan fingerprint density at radius 2 is 1.92 bits per heavy atom. The van der Waals surface area contributed by atoms with Gasteiger partial charge in [-0.15, -0.1) is 0 Å². The monoisotopic (exact) mass is 354 g/mol. The molecule has 2 aliphatic rings. The van der Waals surface area contributed by atoms with E-state index in [-0.39, 0.29) is 5.75 Å². The predicted molar refractivity (Wildman–Crippen MR) is 93.3 cm³/mol. The van der Waals surface area contributed by atoms with E-state index < -0.39 is 6.61 Å². The standard InChI is InChI=1S/C19H28F2N2O2/c1-2-24-18-11-15(5-6-17(18)25-19(20)21)13-23-9-7-16(8-10-23)22-12-14-3-4-14/h5-6,11,14,16,19,22H,2-4,7-10,12-13H2,1H3. The molecule has 0 aromatic heterocycles. The first kappa shape index (κ1) is 18.4. The van der Waals surface area contributed by atoms with Crippen molar-refractivity contribution in [3.05, 3.63) is 23.8 Å². The summed E-state index contributed by atoms with van der Waals surface area (Å²) in [4.78, 5) is 2.41. The van der Waals surface area contributed by atoms with E-state index in [0.717, 1.165) is 44.0 Å². The Hall–Kier alpha value is -1.40. The number of alkyl halides is 2. The highest BCUT2D eigenvalue weighted by Gasteiger charge is 2.24. The first-order valence-corrected chi connectivity index (χ1v) is 9.30. The van der Waals surface area contributed by atoms with Crippen LogP contribution in [0.3, 0.4) is 0 Å². The van der Waals surface area contributed by atoms with E-state index in [9.17, 15) is 8.78 Å². The van der Waals surface area contributed by atoms with Gasteiger partial charge in [-0.3, -0.25) is 4.90 Å². The number of piperidine rings is 1. The molecule has 0 atom stereocenters. The van der Waals surface area contributed by atoms with Crippen LogP contribution in [0, 0.1) is 5.92 Å². The average Bonchev–Trinajstić information content (AvgIpc) is 3.41. The maximum absolute atomic E-state index is 12.5. The van der Waals surface area contributed by atoms with Crippen molar-refractivity contribution >= 4 is 0 Å². The molecule has 3 rings (SSSR count). The normalized spacial score (nSPS) is 19.4. The smallest absolute Gasteiger partial charge is 0.387 e. The number of hydrogen-bond donors (Lipinski definition) is 1. The van der Waals surface area contributed by atoms with Crippen LogP contribution in [-0.4, -0.2) is 43.8 Å². The Labute approximate surface area is 148 Å². The molecule has 1 aromatic carbocycles. The second kappa shape index (κ2) is 8.81. The van der Waals surface area contributed by atoms with Gasteiger partial charge in [0.15, 0.2) is 11.5 Å². The fourth-order valence-electron chi connectivity index (χ4n) is 3.32. The van der Waals surface area contributed by atoms with Crippen LogP contribution < -0.4 is 14.8 Å². The van der Waals surface area contributed by atoms with E-state index in [1.165, 1.54) is 19.4 Å². The Morgan fingerprint density at radius 1 is 1.16 bits per heavy atom. The van der Waals surface area contributed by atoms with Crippen LogP contribution in [0.25, 0.3) is 0 Å². The predicted octanol–water partition coefficient (Wildman–Crippen LogP) is 3.65. The summed E-state index contributed by atoms with van der Waals surface area (Å²) >= 11 is 0. The van der Waals surface area contributed by atoms with Gasteiger partial charge in [0.25, 0.3) is 0 Å². The van der Waals surface area contributed by atoms with Gasteiger partial charge in [-0.05, 0) is 75.9 Å².